The van der Waals surface area contributed by atoms with Crippen molar-refractivity contribution in [3.05, 3.63) is 18.7 Å². The first-order valence-electron chi connectivity index (χ1n) is 5.62. The Hall–Kier alpha value is -1.49. The molecular weight excluding hydrogens is 204 g/mol. The van der Waals surface area contributed by atoms with Crippen molar-refractivity contribution < 1.29 is 4.79 Å². The number of nitrogens with one attached hydrogen (secondary N) is 1. The first-order valence-corrected chi connectivity index (χ1v) is 5.62. The summed E-state index contributed by atoms with van der Waals surface area (Å²) in [4.78, 5) is 21.8. The SMILES string of the molecule is CCNC1CCCN(c2cncnc2)C1=O. The normalized spacial score (nSPS) is 21.2. The van der Waals surface area contributed by atoms with Gasteiger partial charge in [0.2, 0.25) is 5.91 Å². The molecule has 5 heteroatoms. The maximum atomic E-state index is 12.1. The van der Waals surface area contributed by atoms with Crippen LogP contribution in [0.3, 0.4) is 0 Å². The first kappa shape index (κ1) is 11.0. The monoisotopic (exact) mass is 220 g/mol. The number of rotatable bonds is 3. The van der Waals surface area contributed by atoms with Crippen molar-refractivity contribution >= 4 is 11.6 Å². The summed E-state index contributed by atoms with van der Waals surface area (Å²) in [6.45, 7) is 3.58. The van der Waals surface area contributed by atoms with Crippen LogP contribution < -0.4 is 10.2 Å². The Morgan fingerprint density at radius 2 is 2.25 bits per heavy atom. The summed E-state index contributed by atoms with van der Waals surface area (Å²) in [7, 11) is 0. The number of carbonyl (C=O) groups is 1. The molecule has 0 radical (unpaired) electrons. The van der Waals surface area contributed by atoms with Gasteiger partial charge in [0, 0.05) is 6.54 Å². The van der Waals surface area contributed by atoms with Gasteiger partial charge in [0.05, 0.1) is 24.1 Å². The molecule has 86 valence electrons. The molecule has 5 nitrogen and oxygen atoms in total. The van der Waals surface area contributed by atoms with E-state index in [1.807, 2.05) is 6.92 Å². The van der Waals surface area contributed by atoms with Gasteiger partial charge in [0.15, 0.2) is 0 Å². The molecule has 1 aromatic heterocycles. The smallest absolute Gasteiger partial charge is 0.244 e. The fourth-order valence-corrected chi connectivity index (χ4v) is 2.00. The summed E-state index contributed by atoms with van der Waals surface area (Å²) in [6, 6.07) is -0.0565. The number of carbonyl (C=O) groups excluding carboxylic acids is 1. The van der Waals surface area contributed by atoms with Gasteiger partial charge in [-0.2, -0.15) is 0 Å². The molecule has 0 aromatic carbocycles. The molecule has 1 aliphatic rings. The third-order valence-corrected chi connectivity index (χ3v) is 2.75. The summed E-state index contributed by atoms with van der Waals surface area (Å²) >= 11 is 0. The van der Waals surface area contributed by atoms with Crippen molar-refractivity contribution in [1.82, 2.24) is 15.3 Å². The number of likely N-dealkylation sites (N-methyl/N-ethyl adjacent to an activating group) is 1. The van der Waals surface area contributed by atoms with Crippen molar-refractivity contribution in [3.8, 4) is 0 Å². The number of amides is 1. The van der Waals surface area contributed by atoms with Crippen LogP contribution in [-0.4, -0.2) is 35.0 Å². The topological polar surface area (TPSA) is 58.1 Å². The van der Waals surface area contributed by atoms with Crippen LogP contribution in [0.15, 0.2) is 18.7 Å². The highest BCUT2D eigenvalue weighted by molar-refractivity contribution is 5.97. The van der Waals surface area contributed by atoms with Gasteiger partial charge < -0.3 is 10.2 Å². The van der Waals surface area contributed by atoms with E-state index in [2.05, 4.69) is 15.3 Å². The number of hydrogen-bond donors (Lipinski definition) is 1. The fraction of sp³-hybridized carbons (Fsp3) is 0.545. The highest BCUT2D eigenvalue weighted by Gasteiger charge is 2.28. The van der Waals surface area contributed by atoms with E-state index >= 15 is 0 Å². The lowest BCUT2D eigenvalue weighted by atomic mass is 10.0. The Kier molecular flexibility index (Phi) is 3.46. The van der Waals surface area contributed by atoms with Crippen LogP contribution >= 0.6 is 0 Å². The van der Waals surface area contributed by atoms with Gasteiger partial charge in [-0.3, -0.25) is 4.79 Å². The van der Waals surface area contributed by atoms with E-state index in [0.29, 0.717) is 0 Å². The summed E-state index contributed by atoms with van der Waals surface area (Å²) in [5, 5.41) is 3.20. The Morgan fingerprint density at radius 3 is 2.94 bits per heavy atom. The highest BCUT2D eigenvalue weighted by Crippen LogP contribution is 2.18. The number of piperidine rings is 1. The molecule has 0 aliphatic carbocycles. The predicted octanol–water partition coefficient (Wildman–Crippen LogP) is 0.581. The van der Waals surface area contributed by atoms with E-state index in [0.717, 1.165) is 31.6 Å². The van der Waals surface area contributed by atoms with E-state index in [1.165, 1.54) is 6.33 Å². The van der Waals surface area contributed by atoms with Gasteiger partial charge in [-0.25, -0.2) is 9.97 Å². The molecule has 1 aromatic rings. The average molecular weight is 220 g/mol. The lowest BCUT2D eigenvalue weighted by molar-refractivity contribution is -0.121. The molecule has 1 fully saturated rings. The van der Waals surface area contributed by atoms with Crippen molar-refractivity contribution in [2.45, 2.75) is 25.8 Å². The lowest BCUT2D eigenvalue weighted by Gasteiger charge is -2.32. The fourth-order valence-electron chi connectivity index (χ4n) is 2.00. The van der Waals surface area contributed by atoms with Crippen LogP contribution in [-0.2, 0) is 4.79 Å². The minimum absolute atomic E-state index is 0.0565. The summed E-state index contributed by atoms with van der Waals surface area (Å²) < 4.78 is 0. The third-order valence-electron chi connectivity index (χ3n) is 2.75. The van der Waals surface area contributed by atoms with Gasteiger partial charge in [-0.1, -0.05) is 6.92 Å². The molecule has 0 bridgehead atoms. The molecule has 0 spiro atoms. The van der Waals surface area contributed by atoms with Crippen LogP contribution in [0.1, 0.15) is 19.8 Å². The van der Waals surface area contributed by atoms with Crippen LogP contribution in [0, 0.1) is 0 Å². The van der Waals surface area contributed by atoms with Gasteiger partial charge >= 0.3 is 0 Å². The van der Waals surface area contributed by atoms with Gasteiger partial charge in [-0.15, -0.1) is 0 Å². The number of nitrogens with zero attached hydrogens (tertiary/aromatic N) is 3. The van der Waals surface area contributed by atoms with E-state index in [-0.39, 0.29) is 11.9 Å². The Bertz CT molecular complexity index is 352. The lowest BCUT2D eigenvalue weighted by Crippen LogP contribution is -2.50. The number of aromatic nitrogens is 2. The second kappa shape index (κ2) is 5.03. The minimum Gasteiger partial charge on any atom is -0.308 e. The molecule has 16 heavy (non-hydrogen) atoms. The van der Waals surface area contributed by atoms with E-state index in [1.54, 1.807) is 17.3 Å². The average Bonchev–Trinajstić information content (AvgIpc) is 2.33. The number of hydrogen-bond acceptors (Lipinski definition) is 4. The molecule has 0 saturated carbocycles. The minimum atomic E-state index is -0.0565. The van der Waals surface area contributed by atoms with Crippen LogP contribution in [0.25, 0.3) is 0 Å². The van der Waals surface area contributed by atoms with E-state index in [9.17, 15) is 4.79 Å². The first-order chi connectivity index (χ1) is 7.83. The molecule has 1 amide bonds. The molecule has 1 unspecified atom stereocenters. The third kappa shape index (κ3) is 2.19. The molecule has 1 saturated heterocycles. The van der Waals surface area contributed by atoms with Crippen molar-refractivity contribution in [1.29, 1.82) is 0 Å². The zero-order valence-corrected chi connectivity index (χ0v) is 9.39. The molecule has 1 aliphatic heterocycles. The van der Waals surface area contributed by atoms with Gasteiger partial charge in [-0.05, 0) is 19.4 Å². The maximum Gasteiger partial charge on any atom is 0.244 e. The second-order valence-corrected chi connectivity index (χ2v) is 3.84. The Labute approximate surface area is 94.9 Å². The Morgan fingerprint density at radius 1 is 1.50 bits per heavy atom. The molecule has 2 heterocycles. The molecule has 1 atom stereocenters. The molecular formula is C11H16N4O. The zero-order chi connectivity index (χ0) is 11.4. The maximum absolute atomic E-state index is 12.1. The van der Waals surface area contributed by atoms with Crippen molar-refractivity contribution in [2.24, 2.45) is 0 Å². The summed E-state index contributed by atoms with van der Waals surface area (Å²) in [5.74, 6) is 0.128. The summed E-state index contributed by atoms with van der Waals surface area (Å²) in [6.07, 6.45) is 6.76. The van der Waals surface area contributed by atoms with Crippen molar-refractivity contribution in [2.75, 3.05) is 18.0 Å². The summed E-state index contributed by atoms with van der Waals surface area (Å²) in [5.41, 5.74) is 0.787. The number of anilines is 1. The quantitative estimate of drug-likeness (QED) is 0.809. The Balaban J connectivity index is 2.13. The molecule has 2 rings (SSSR count). The van der Waals surface area contributed by atoms with Crippen LogP contribution in [0.4, 0.5) is 5.69 Å². The largest absolute Gasteiger partial charge is 0.308 e. The van der Waals surface area contributed by atoms with E-state index < -0.39 is 0 Å². The predicted molar refractivity (Wildman–Crippen MR) is 61.1 cm³/mol. The highest BCUT2D eigenvalue weighted by atomic mass is 16.2. The zero-order valence-electron chi connectivity index (χ0n) is 9.39. The molecule has 1 N–H and O–H groups in total. The van der Waals surface area contributed by atoms with Gasteiger partial charge in [0.1, 0.15) is 6.33 Å². The van der Waals surface area contributed by atoms with Crippen molar-refractivity contribution in [3.63, 3.8) is 0 Å². The second-order valence-electron chi connectivity index (χ2n) is 3.84. The van der Waals surface area contributed by atoms with Gasteiger partial charge in [0.25, 0.3) is 0 Å². The van der Waals surface area contributed by atoms with Crippen LogP contribution in [0.2, 0.25) is 0 Å². The standard InChI is InChI=1S/C11H16N4O/c1-2-14-10-4-3-5-15(11(10)16)9-6-12-8-13-7-9/h6-8,10,14H,2-5H2,1H3. The van der Waals surface area contributed by atoms with E-state index in [4.69, 9.17) is 0 Å². The van der Waals surface area contributed by atoms with Crippen LogP contribution in [0.5, 0.6) is 0 Å².